The first kappa shape index (κ1) is 13.4. The highest BCUT2D eigenvalue weighted by Gasteiger charge is 2.06. The van der Waals surface area contributed by atoms with Gasteiger partial charge in [0.15, 0.2) is 0 Å². The molecule has 2 aromatic rings. The van der Waals surface area contributed by atoms with E-state index in [4.69, 9.17) is 11.6 Å². The van der Waals surface area contributed by atoms with E-state index in [0.717, 1.165) is 29.0 Å². The van der Waals surface area contributed by atoms with Gasteiger partial charge in [0.2, 0.25) is 0 Å². The normalized spacial score (nSPS) is 10.6. The quantitative estimate of drug-likeness (QED) is 0.909. The Bertz CT molecular complexity index is 527. The zero-order valence-electron chi connectivity index (χ0n) is 10.0. The Morgan fingerprint density at radius 1 is 1.44 bits per heavy atom. The lowest BCUT2D eigenvalue weighted by Crippen LogP contribution is -2.10. The standard InChI is InChI=1S/C12H14BrClN4/c1-2-6-18-11(16-8-17-18)7-15-10-5-3-4-9(14)12(10)13/h3-5,8,15H,2,6-7H2,1H3. The van der Waals surface area contributed by atoms with Crippen LogP contribution in [0.25, 0.3) is 0 Å². The summed E-state index contributed by atoms with van der Waals surface area (Å²) in [7, 11) is 0. The number of hydrogen-bond donors (Lipinski definition) is 1. The minimum atomic E-state index is 0.624. The van der Waals surface area contributed by atoms with Crippen LogP contribution < -0.4 is 5.32 Å². The Hall–Kier alpha value is -1.07. The zero-order chi connectivity index (χ0) is 13.0. The van der Waals surface area contributed by atoms with Gasteiger partial charge in [0.05, 0.1) is 21.7 Å². The van der Waals surface area contributed by atoms with Crippen LogP contribution >= 0.6 is 27.5 Å². The Balaban J connectivity index is 2.07. The van der Waals surface area contributed by atoms with E-state index in [-0.39, 0.29) is 0 Å². The van der Waals surface area contributed by atoms with Gasteiger partial charge in [-0.3, -0.25) is 0 Å². The first-order chi connectivity index (χ1) is 8.72. The van der Waals surface area contributed by atoms with Crippen molar-refractivity contribution in [1.29, 1.82) is 0 Å². The van der Waals surface area contributed by atoms with Gasteiger partial charge < -0.3 is 5.32 Å². The summed E-state index contributed by atoms with van der Waals surface area (Å²) >= 11 is 9.49. The van der Waals surface area contributed by atoms with Crippen LogP contribution in [0, 0.1) is 0 Å². The molecule has 1 aromatic heterocycles. The molecule has 1 heterocycles. The van der Waals surface area contributed by atoms with E-state index in [0.29, 0.717) is 11.6 Å². The van der Waals surface area contributed by atoms with E-state index < -0.39 is 0 Å². The number of rotatable bonds is 5. The molecule has 18 heavy (non-hydrogen) atoms. The predicted molar refractivity (Wildman–Crippen MR) is 76.8 cm³/mol. The summed E-state index contributed by atoms with van der Waals surface area (Å²) in [5, 5.41) is 8.18. The number of aryl methyl sites for hydroxylation is 1. The van der Waals surface area contributed by atoms with E-state index in [1.165, 1.54) is 0 Å². The van der Waals surface area contributed by atoms with Crippen molar-refractivity contribution in [2.24, 2.45) is 0 Å². The van der Waals surface area contributed by atoms with Crippen molar-refractivity contribution in [1.82, 2.24) is 14.8 Å². The van der Waals surface area contributed by atoms with Crippen molar-refractivity contribution >= 4 is 33.2 Å². The van der Waals surface area contributed by atoms with Gasteiger partial charge in [-0.1, -0.05) is 24.6 Å². The number of nitrogens with one attached hydrogen (secondary N) is 1. The first-order valence-corrected chi connectivity index (χ1v) is 6.94. The highest BCUT2D eigenvalue weighted by atomic mass is 79.9. The number of halogens is 2. The summed E-state index contributed by atoms with van der Waals surface area (Å²) in [4.78, 5) is 4.24. The van der Waals surface area contributed by atoms with Crippen LogP contribution in [-0.4, -0.2) is 14.8 Å². The molecule has 0 spiro atoms. The summed E-state index contributed by atoms with van der Waals surface area (Å²) < 4.78 is 2.78. The van der Waals surface area contributed by atoms with Crippen LogP contribution in [0.4, 0.5) is 5.69 Å². The maximum absolute atomic E-state index is 6.04. The van der Waals surface area contributed by atoms with Gasteiger partial charge in [0.25, 0.3) is 0 Å². The van der Waals surface area contributed by atoms with Crippen LogP contribution in [0.1, 0.15) is 19.2 Å². The van der Waals surface area contributed by atoms with E-state index in [2.05, 4.69) is 38.3 Å². The molecule has 0 fully saturated rings. The van der Waals surface area contributed by atoms with Crippen molar-refractivity contribution < 1.29 is 0 Å². The third kappa shape index (κ3) is 3.03. The lowest BCUT2D eigenvalue weighted by atomic mass is 10.3. The molecule has 96 valence electrons. The van der Waals surface area contributed by atoms with Gasteiger partial charge in [-0.05, 0) is 34.5 Å². The molecule has 0 radical (unpaired) electrons. The largest absolute Gasteiger partial charge is 0.377 e. The van der Waals surface area contributed by atoms with Crippen molar-refractivity contribution in [2.75, 3.05) is 5.32 Å². The molecule has 4 nitrogen and oxygen atoms in total. The fourth-order valence-corrected chi connectivity index (χ4v) is 2.22. The molecule has 0 bridgehead atoms. The molecular formula is C12H14BrClN4. The molecule has 1 N–H and O–H groups in total. The van der Waals surface area contributed by atoms with E-state index in [1.54, 1.807) is 6.33 Å². The average Bonchev–Trinajstić information content (AvgIpc) is 2.79. The Labute approximate surface area is 119 Å². The van der Waals surface area contributed by atoms with E-state index in [9.17, 15) is 0 Å². The van der Waals surface area contributed by atoms with E-state index in [1.807, 2.05) is 22.9 Å². The molecule has 6 heteroatoms. The molecule has 1 aromatic carbocycles. The average molecular weight is 330 g/mol. The van der Waals surface area contributed by atoms with Crippen molar-refractivity contribution in [2.45, 2.75) is 26.4 Å². The molecule has 0 amide bonds. The van der Waals surface area contributed by atoms with Gasteiger partial charge in [0.1, 0.15) is 12.2 Å². The second-order valence-electron chi connectivity index (χ2n) is 3.85. The topological polar surface area (TPSA) is 42.7 Å². The van der Waals surface area contributed by atoms with Gasteiger partial charge in [-0.2, -0.15) is 5.10 Å². The van der Waals surface area contributed by atoms with Crippen molar-refractivity contribution in [3.05, 3.63) is 39.8 Å². The molecule has 0 aliphatic rings. The third-order valence-electron chi connectivity index (χ3n) is 2.52. The summed E-state index contributed by atoms with van der Waals surface area (Å²) in [5.41, 5.74) is 0.952. The fourth-order valence-electron chi connectivity index (χ4n) is 1.64. The zero-order valence-corrected chi connectivity index (χ0v) is 12.4. The smallest absolute Gasteiger partial charge is 0.146 e. The van der Waals surface area contributed by atoms with Crippen LogP contribution in [0.5, 0.6) is 0 Å². The monoisotopic (exact) mass is 328 g/mol. The summed E-state index contributed by atoms with van der Waals surface area (Å²) in [6, 6.07) is 5.72. The molecule has 0 aliphatic carbocycles. The lowest BCUT2D eigenvalue weighted by molar-refractivity contribution is 0.574. The fraction of sp³-hybridized carbons (Fsp3) is 0.333. The first-order valence-electron chi connectivity index (χ1n) is 5.77. The Kier molecular flexibility index (Phi) is 4.60. The van der Waals surface area contributed by atoms with Crippen molar-refractivity contribution in [3.63, 3.8) is 0 Å². The molecule has 0 saturated heterocycles. The van der Waals surface area contributed by atoms with Crippen LogP contribution in [0.15, 0.2) is 29.0 Å². The number of hydrogen-bond acceptors (Lipinski definition) is 3. The number of nitrogens with zero attached hydrogens (tertiary/aromatic N) is 3. The Morgan fingerprint density at radius 3 is 3.06 bits per heavy atom. The lowest BCUT2D eigenvalue weighted by Gasteiger charge is -2.10. The van der Waals surface area contributed by atoms with Crippen LogP contribution in [-0.2, 0) is 13.1 Å². The molecular weight excluding hydrogens is 316 g/mol. The van der Waals surface area contributed by atoms with Gasteiger partial charge in [0, 0.05) is 6.54 Å². The maximum Gasteiger partial charge on any atom is 0.146 e. The highest BCUT2D eigenvalue weighted by Crippen LogP contribution is 2.30. The maximum atomic E-state index is 6.04. The van der Waals surface area contributed by atoms with Gasteiger partial charge >= 0.3 is 0 Å². The van der Waals surface area contributed by atoms with Gasteiger partial charge in [-0.15, -0.1) is 0 Å². The highest BCUT2D eigenvalue weighted by molar-refractivity contribution is 9.10. The Morgan fingerprint density at radius 2 is 2.28 bits per heavy atom. The minimum absolute atomic E-state index is 0.624. The summed E-state index contributed by atoms with van der Waals surface area (Å²) in [6.07, 6.45) is 2.62. The second kappa shape index (κ2) is 6.20. The predicted octanol–water partition coefficient (Wildman–Crippen LogP) is 3.72. The third-order valence-corrected chi connectivity index (χ3v) is 3.92. The molecule has 0 atom stereocenters. The molecule has 0 aliphatic heterocycles. The number of aromatic nitrogens is 3. The molecule has 2 rings (SSSR count). The molecule has 0 unspecified atom stereocenters. The number of benzene rings is 1. The number of anilines is 1. The van der Waals surface area contributed by atoms with Crippen LogP contribution in [0.3, 0.4) is 0 Å². The van der Waals surface area contributed by atoms with Crippen LogP contribution in [0.2, 0.25) is 5.02 Å². The van der Waals surface area contributed by atoms with E-state index >= 15 is 0 Å². The summed E-state index contributed by atoms with van der Waals surface area (Å²) in [6.45, 7) is 3.62. The van der Waals surface area contributed by atoms with Crippen molar-refractivity contribution in [3.8, 4) is 0 Å². The minimum Gasteiger partial charge on any atom is -0.377 e. The SMILES string of the molecule is CCCn1ncnc1CNc1cccc(Cl)c1Br. The van der Waals surface area contributed by atoms with Gasteiger partial charge in [-0.25, -0.2) is 9.67 Å². The summed E-state index contributed by atoms with van der Waals surface area (Å²) in [5.74, 6) is 0.920. The molecule has 0 saturated carbocycles. The second-order valence-corrected chi connectivity index (χ2v) is 5.05.